The second-order valence-electron chi connectivity index (χ2n) is 7.73. The van der Waals surface area contributed by atoms with E-state index in [-0.39, 0.29) is 17.2 Å². The molecule has 1 aliphatic heterocycles. The minimum absolute atomic E-state index is 0.0677. The molecule has 2 aromatic rings. The average molecular weight is 422 g/mol. The van der Waals surface area contributed by atoms with Crippen LogP contribution < -0.4 is 5.32 Å². The maximum Gasteiger partial charge on any atom is 0.226 e. The number of hydrogen-bond donors (Lipinski definition) is 1. The Balaban J connectivity index is 1.41. The monoisotopic (exact) mass is 421 g/mol. The summed E-state index contributed by atoms with van der Waals surface area (Å²) in [6.07, 6.45) is 4.79. The SMILES string of the molecule is O=C(CC1(CC(=O)N2CCOCC2)CCCC1)Nc1nc2ccc(Cl)cc2s1. The first kappa shape index (κ1) is 19.6. The van der Waals surface area contributed by atoms with Gasteiger partial charge in [0.2, 0.25) is 11.8 Å². The lowest BCUT2D eigenvalue weighted by molar-refractivity contribution is -0.138. The van der Waals surface area contributed by atoms with Crippen LogP contribution >= 0.6 is 22.9 Å². The number of benzene rings is 1. The molecule has 1 saturated carbocycles. The maximum atomic E-state index is 12.8. The van der Waals surface area contributed by atoms with Crippen LogP contribution in [0.5, 0.6) is 0 Å². The minimum Gasteiger partial charge on any atom is -0.378 e. The molecule has 2 heterocycles. The van der Waals surface area contributed by atoms with Gasteiger partial charge in [0, 0.05) is 31.0 Å². The summed E-state index contributed by atoms with van der Waals surface area (Å²) < 4.78 is 6.28. The van der Waals surface area contributed by atoms with E-state index in [4.69, 9.17) is 16.3 Å². The van der Waals surface area contributed by atoms with Crippen LogP contribution in [-0.4, -0.2) is 48.0 Å². The Labute approximate surface area is 173 Å². The predicted octanol–water partition coefficient (Wildman–Crippen LogP) is 4.09. The van der Waals surface area contributed by atoms with Gasteiger partial charge < -0.3 is 15.0 Å². The molecule has 2 aliphatic rings. The maximum absolute atomic E-state index is 12.8. The van der Waals surface area contributed by atoms with Crippen molar-refractivity contribution < 1.29 is 14.3 Å². The van der Waals surface area contributed by atoms with E-state index in [1.165, 1.54) is 11.3 Å². The zero-order valence-electron chi connectivity index (χ0n) is 15.7. The van der Waals surface area contributed by atoms with E-state index in [1.54, 1.807) is 6.07 Å². The molecular weight excluding hydrogens is 398 g/mol. The van der Waals surface area contributed by atoms with Crippen molar-refractivity contribution in [1.82, 2.24) is 9.88 Å². The first-order valence-electron chi connectivity index (χ1n) is 9.75. The lowest BCUT2D eigenvalue weighted by atomic mass is 9.78. The molecule has 0 radical (unpaired) electrons. The van der Waals surface area contributed by atoms with Crippen LogP contribution in [-0.2, 0) is 14.3 Å². The Morgan fingerprint density at radius 1 is 1.21 bits per heavy atom. The van der Waals surface area contributed by atoms with E-state index in [9.17, 15) is 9.59 Å². The Hall–Kier alpha value is -1.70. The van der Waals surface area contributed by atoms with Crippen molar-refractivity contribution in [2.75, 3.05) is 31.6 Å². The van der Waals surface area contributed by atoms with Gasteiger partial charge in [0.1, 0.15) is 0 Å². The summed E-state index contributed by atoms with van der Waals surface area (Å²) in [5, 5.41) is 4.17. The fourth-order valence-electron chi connectivity index (χ4n) is 4.24. The number of fused-ring (bicyclic) bond motifs is 1. The van der Waals surface area contributed by atoms with Gasteiger partial charge >= 0.3 is 0 Å². The lowest BCUT2D eigenvalue weighted by Crippen LogP contribution is -2.43. The molecular formula is C20H24ClN3O3S. The Kier molecular flexibility index (Phi) is 5.85. The summed E-state index contributed by atoms with van der Waals surface area (Å²) in [5.74, 6) is 0.0782. The van der Waals surface area contributed by atoms with Crippen molar-refractivity contribution in [2.45, 2.75) is 38.5 Å². The van der Waals surface area contributed by atoms with Crippen molar-refractivity contribution >= 4 is 50.1 Å². The van der Waals surface area contributed by atoms with E-state index < -0.39 is 0 Å². The van der Waals surface area contributed by atoms with Crippen LogP contribution in [0.25, 0.3) is 10.2 Å². The van der Waals surface area contributed by atoms with Gasteiger partial charge in [-0.05, 0) is 36.5 Å². The predicted molar refractivity (Wildman–Crippen MR) is 111 cm³/mol. The first-order chi connectivity index (χ1) is 13.5. The summed E-state index contributed by atoms with van der Waals surface area (Å²) in [7, 11) is 0. The van der Waals surface area contributed by atoms with Gasteiger partial charge in [-0.1, -0.05) is 35.8 Å². The average Bonchev–Trinajstić information content (AvgIpc) is 3.28. The zero-order valence-corrected chi connectivity index (χ0v) is 17.3. The largest absolute Gasteiger partial charge is 0.378 e. The molecule has 8 heteroatoms. The lowest BCUT2D eigenvalue weighted by Gasteiger charge is -2.33. The molecule has 1 N–H and O–H groups in total. The summed E-state index contributed by atoms with van der Waals surface area (Å²) >= 11 is 7.44. The first-order valence-corrected chi connectivity index (χ1v) is 10.9. The number of halogens is 1. The third kappa shape index (κ3) is 4.47. The highest BCUT2D eigenvalue weighted by molar-refractivity contribution is 7.22. The standard InChI is InChI=1S/C20H24ClN3O3S/c21-14-3-4-15-16(11-14)28-19(22-15)23-17(25)12-20(5-1-2-6-20)13-18(26)24-7-9-27-10-8-24/h3-4,11H,1-2,5-10,12-13H2,(H,22,23,25). The number of aromatic nitrogens is 1. The van der Waals surface area contributed by atoms with Crippen LogP contribution in [0.4, 0.5) is 5.13 Å². The van der Waals surface area contributed by atoms with E-state index in [2.05, 4.69) is 10.3 Å². The number of nitrogens with zero attached hydrogens (tertiary/aromatic N) is 2. The quantitative estimate of drug-likeness (QED) is 0.789. The molecule has 4 rings (SSSR count). The molecule has 0 unspecified atom stereocenters. The number of morpholine rings is 1. The second-order valence-corrected chi connectivity index (χ2v) is 9.20. The number of thiazole rings is 1. The fourth-order valence-corrected chi connectivity index (χ4v) is 5.40. The summed E-state index contributed by atoms with van der Waals surface area (Å²) in [6.45, 7) is 2.49. The zero-order chi connectivity index (χ0) is 19.6. The van der Waals surface area contributed by atoms with Crippen LogP contribution in [0.1, 0.15) is 38.5 Å². The minimum atomic E-state index is -0.237. The number of carbonyl (C=O) groups excluding carboxylic acids is 2. The number of carbonyl (C=O) groups is 2. The highest BCUT2D eigenvalue weighted by atomic mass is 35.5. The third-order valence-electron chi connectivity index (χ3n) is 5.69. The Morgan fingerprint density at radius 2 is 1.96 bits per heavy atom. The molecule has 0 atom stereocenters. The van der Waals surface area contributed by atoms with Gasteiger partial charge in [0.25, 0.3) is 0 Å². The summed E-state index contributed by atoms with van der Waals surface area (Å²) in [6, 6.07) is 5.49. The Morgan fingerprint density at radius 3 is 2.71 bits per heavy atom. The molecule has 2 amide bonds. The van der Waals surface area contributed by atoms with Gasteiger partial charge in [0.05, 0.1) is 23.4 Å². The normalized spacial score (nSPS) is 19.1. The fraction of sp³-hybridized carbons (Fsp3) is 0.550. The summed E-state index contributed by atoms with van der Waals surface area (Å²) in [5.41, 5.74) is 0.585. The molecule has 2 fully saturated rings. The molecule has 150 valence electrons. The smallest absolute Gasteiger partial charge is 0.226 e. The van der Waals surface area contributed by atoms with Crippen LogP contribution in [0, 0.1) is 5.41 Å². The van der Waals surface area contributed by atoms with Gasteiger partial charge in [-0.25, -0.2) is 4.98 Å². The van der Waals surface area contributed by atoms with Gasteiger partial charge in [-0.2, -0.15) is 0 Å². The van der Waals surface area contributed by atoms with Gasteiger partial charge in [0.15, 0.2) is 5.13 Å². The number of hydrogen-bond acceptors (Lipinski definition) is 5. The van der Waals surface area contributed by atoms with Crippen molar-refractivity contribution in [3.63, 3.8) is 0 Å². The van der Waals surface area contributed by atoms with E-state index >= 15 is 0 Å². The van der Waals surface area contributed by atoms with E-state index in [1.807, 2.05) is 17.0 Å². The van der Waals surface area contributed by atoms with E-state index in [0.29, 0.717) is 49.3 Å². The van der Waals surface area contributed by atoms with Crippen molar-refractivity contribution in [2.24, 2.45) is 5.41 Å². The van der Waals surface area contributed by atoms with Crippen molar-refractivity contribution in [3.05, 3.63) is 23.2 Å². The highest BCUT2D eigenvalue weighted by Gasteiger charge is 2.39. The molecule has 1 saturated heterocycles. The number of anilines is 1. The van der Waals surface area contributed by atoms with Crippen molar-refractivity contribution in [1.29, 1.82) is 0 Å². The molecule has 1 aromatic carbocycles. The topological polar surface area (TPSA) is 71.5 Å². The summed E-state index contributed by atoms with van der Waals surface area (Å²) in [4.78, 5) is 31.9. The van der Waals surface area contributed by atoms with Crippen LogP contribution in [0.2, 0.25) is 5.02 Å². The van der Waals surface area contributed by atoms with Crippen LogP contribution in [0.15, 0.2) is 18.2 Å². The van der Waals surface area contributed by atoms with E-state index in [0.717, 1.165) is 35.9 Å². The Bertz CT molecular complexity index is 873. The second kappa shape index (κ2) is 8.35. The van der Waals surface area contributed by atoms with Gasteiger partial charge in [-0.3, -0.25) is 9.59 Å². The number of amides is 2. The van der Waals surface area contributed by atoms with Crippen molar-refractivity contribution in [3.8, 4) is 0 Å². The van der Waals surface area contributed by atoms with Gasteiger partial charge in [-0.15, -0.1) is 0 Å². The molecule has 0 bridgehead atoms. The number of rotatable bonds is 5. The molecule has 6 nitrogen and oxygen atoms in total. The molecule has 1 aliphatic carbocycles. The number of ether oxygens (including phenoxy) is 1. The van der Waals surface area contributed by atoms with Crippen LogP contribution in [0.3, 0.4) is 0 Å². The molecule has 1 aromatic heterocycles. The third-order valence-corrected chi connectivity index (χ3v) is 6.86. The molecule has 0 spiro atoms. The highest BCUT2D eigenvalue weighted by Crippen LogP contribution is 2.44. The molecule has 28 heavy (non-hydrogen) atoms. The number of nitrogens with one attached hydrogen (secondary N) is 1.